The molecule has 0 bridgehead atoms. The van der Waals surface area contributed by atoms with Crippen molar-refractivity contribution in [3.05, 3.63) is 88.1 Å². The topological polar surface area (TPSA) is 123 Å². The zero-order valence-corrected chi connectivity index (χ0v) is 23.1. The number of anilines is 1. The molecule has 42 heavy (non-hydrogen) atoms. The first-order valence-electron chi connectivity index (χ1n) is 12.9. The van der Waals surface area contributed by atoms with Crippen molar-refractivity contribution >= 4 is 34.2 Å². The third-order valence-corrected chi connectivity index (χ3v) is 6.60. The first-order valence-corrected chi connectivity index (χ1v) is 12.9. The van der Waals surface area contributed by atoms with E-state index in [4.69, 9.17) is 5.73 Å². The number of hydrogen-bond donors (Lipinski definition) is 2. The number of alkyl halides is 3. The Bertz CT molecular complexity index is 1660. The Hall–Kier alpha value is -4.65. The van der Waals surface area contributed by atoms with Crippen molar-refractivity contribution in [1.29, 1.82) is 0 Å². The van der Waals surface area contributed by atoms with Crippen LogP contribution >= 0.6 is 0 Å². The summed E-state index contributed by atoms with van der Waals surface area (Å²) in [5.41, 5.74) is 3.85. The highest BCUT2D eigenvalue weighted by atomic mass is 19.4. The van der Waals surface area contributed by atoms with Crippen molar-refractivity contribution in [2.24, 2.45) is 5.73 Å². The van der Waals surface area contributed by atoms with Crippen molar-refractivity contribution in [2.75, 3.05) is 26.0 Å². The highest BCUT2D eigenvalue weighted by Crippen LogP contribution is 2.36. The number of nitrogens with one attached hydrogen (secondary N) is 1. The minimum Gasteiger partial charge on any atom is -0.364 e. The summed E-state index contributed by atoms with van der Waals surface area (Å²) in [6.45, 7) is 2.07. The number of halogens is 4. The van der Waals surface area contributed by atoms with Crippen LogP contribution < -0.4 is 11.1 Å². The number of hydrogen-bond acceptors (Lipinski definition) is 6. The van der Waals surface area contributed by atoms with E-state index in [0.29, 0.717) is 24.0 Å². The third kappa shape index (κ3) is 6.79. The summed E-state index contributed by atoms with van der Waals surface area (Å²) < 4.78 is 56.9. The maximum Gasteiger partial charge on any atom is 0.437 e. The summed E-state index contributed by atoms with van der Waals surface area (Å²) in [5, 5.41) is 6.10. The molecule has 13 heteroatoms. The monoisotopic (exact) mass is 584 g/mol. The molecule has 4 aromatic rings. The smallest absolute Gasteiger partial charge is 0.364 e. The second-order valence-corrected chi connectivity index (χ2v) is 10.0. The minimum absolute atomic E-state index is 0.0130. The number of carbonyl (C=O) groups excluding carboxylic acids is 3. The van der Waals surface area contributed by atoms with Crippen molar-refractivity contribution in [2.45, 2.75) is 32.5 Å². The molecule has 0 saturated heterocycles. The fourth-order valence-electron chi connectivity index (χ4n) is 4.41. The van der Waals surface area contributed by atoms with E-state index in [1.165, 1.54) is 13.0 Å². The Morgan fingerprint density at radius 1 is 1.05 bits per heavy atom. The summed E-state index contributed by atoms with van der Waals surface area (Å²) in [6, 6.07) is 10.8. The molecule has 0 aliphatic carbocycles. The summed E-state index contributed by atoms with van der Waals surface area (Å²) in [5.74, 6) is -2.73. The van der Waals surface area contributed by atoms with Gasteiger partial charge < -0.3 is 16.0 Å². The Labute approximate surface area is 238 Å². The van der Waals surface area contributed by atoms with Crippen LogP contribution in [0.4, 0.5) is 23.2 Å². The molecule has 0 atom stereocenters. The van der Waals surface area contributed by atoms with Crippen LogP contribution in [0, 0.1) is 12.7 Å². The van der Waals surface area contributed by atoms with E-state index in [9.17, 15) is 31.9 Å². The zero-order chi connectivity index (χ0) is 30.8. The van der Waals surface area contributed by atoms with E-state index >= 15 is 0 Å². The number of nitrogens with two attached hydrogens (primary N) is 1. The second-order valence-electron chi connectivity index (χ2n) is 10.0. The van der Waals surface area contributed by atoms with Crippen molar-refractivity contribution in [3.63, 3.8) is 0 Å². The predicted octanol–water partition coefficient (Wildman–Crippen LogP) is 4.82. The van der Waals surface area contributed by atoms with Gasteiger partial charge in [-0.3, -0.25) is 19.1 Å². The van der Waals surface area contributed by atoms with Crippen LogP contribution in [0.25, 0.3) is 10.9 Å². The summed E-state index contributed by atoms with van der Waals surface area (Å²) >= 11 is 0. The number of pyridine rings is 1. The fourth-order valence-corrected chi connectivity index (χ4v) is 4.41. The number of carbonyl (C=O) groups is 3. The molecular weight excluding hydrogens is 556 g/mol. The number of benzene rings is 2. The van der Waals surface area contributed by atoms with Gasteiger partial charge in [0, 0.05) is 23.4 Å². The molecule has 0 spiro atoms. The Kier molecular flexibility index (Phi) is 8.71. The lowest BCUT2D eigenvalue weighted by molar-refractivity contribution is -0.140. The van der Waals surface area contributed by atoms with Crippen LogP contribution in [0.3, 0.4) is 0 Å². The molecule has 0 fully saturated rings. The van der Waals surface area contributed by atoms with E-state index in [2.05, 4.69) is 15.4 Å². The van der Waals surface area contributed by atoms with Crippen LogP contribution in [0.2, 0.25) is 0 Å². The van der Waals surface area contributed by atoms with Gasteiger partial charge >= 0.3 is 6.18 Å². The number of amides is 2. The molecule has 0 unspecified atom stereocenters. The van der Waals surface area contributed by atoms with Gasteiger partial charge in [0.25, 0.3) is 11.8 Å². The number of primary amides is 1. The summed E-state index contributed by atoms with van der Waals surface area (Å²) in [6.07, 6.45) is -3.84. The molecule has 2 amide bonds. The first-order chi connectivity index (χ1) is 19.7. The highest BCUT2D eigenvalue weighted by molar-refractivity contribution is 6.14. The van der Waals surface area contributed by atoms with E-state index in [-0.39, 0.29) is 40.2 Å². The summed E-state index contributed by atoms with van der Waals surface area (Å²) in [7, 11) is 3.83. The lowest BCUT2D eigenvalue weighted by Crippen LogP contribution is -2.19. The molecule has 220 valence electrons. The molecule has 9 nitrogen and oxygen atoms in total. The van der Waals surface area contributed by atoms with Crippen LogP contribution in [0.5, 0.6) is 0 Å². The number of ketones is 1. The van der Waals surface area contributed by atoms with Gasteiger partial charge in [-0.1, -0.05) is 24.3 Å². The van der Waals surface area contributed by atoms with Gasteiger partial charge in [0.05, 0.1) is 29.0 Å². The number of nitrogens with zero attached hydrogens (tertiary/aromatic N) is 4. The molecule has 0 aliphatic rings. The fraction of sp³-hybridized carbons (Fsp3) is 0.276. The third-order valence-electron chi connectivity index (χ3n) is 6.60. The summed E-state index contributed by atoms with van der Waals surface area (Å²) in [4.78, 5) is 43.4. The zero-order valence-electron chi connectivity index (χ0n) is 23.1. The van der Waals surface area contributed by atoms with Crippen LogP contribution in [0.15, 0.2) is 48.5 Å². The largest absolute Gasteiger partial charge is 0.437 e. The van der Waals surface area contributed by atoms with Gasteiger partial charge in [0.2, 0.25) is 0 Å². The van der Waals surface area contributed by atoms with Gasteiger partial charge in [-0.15, -0.1) is 0 Å². The van der Waals surface area contributed by atoms with E-state index in [1.54, 1.807) is 24.3 Å². The highest BCUT2D eigenvalue weighted by Gasteiger charge is 2.39. The van der Waals surface area contributed by atoms with Crippen molar-refractivity contribution in [1.82, 2.24) is 19.7 Å². The molecule has 3 N–H and O–H groups in total. The van der Waals surface area contributed by atoms with E-state index in [0.717, 1.165) is 29.4 Å². The van der Waals surface area contributed by atoms with Crippen LogP contribution in [-0.4, -0.2) is 57.9 Å². The molecule has 2 heterocycles. The van der Waals surface area contributed by atoms with Gasteiger partial charge in [-0.25, -0.2) is 9.37 Å². The lowest BCUT2D eigenvalue weighted by atomic mass is 10.0. The maximum absolute atomic E-state index is 14.0. The number of fused-ring (bicyclic) bond motifs is 1. The van der Waals surface area contributed by atoms with Gasteiger partial charge in [-0.2, -0.15) is 18.3 Å². The van der Waals surface area contributed by atoms with Gasteiger partial charge in [0.15, 0.2) is 11.5 Å². The molecular formula is C29H28F4N6O3. The lowest BCUT2D eigenvalue weighted by Gasteiger charge is -2.12. The Morgan fingerprint density at radius 3 is 2.36 bits per heavy atom. The molecule has 0 aliphatic heterocycles. The van der Waals surface area contributed by atoms with E-state index < -0.39 is 35.2 Å². The molecule has 2 aromatic heterocycles. The minimum atomic E-state index is -4.91. The van der Waals surface area contributed by atoms with Crippen LogP contribution in [0.1, 0.15) is 61.0 Å². The predicted molar refractivity (Wildman–Crippen MR) is 148 cm³/mol. The van der Waals surface area contributed by atoms with E-state index in [1.807, 2.05) is 19.0 Å². The maximum atomic E-state index is 14.0. The normalized spacial score (nSPS) is 11.7. The standard InChI is InChI=1S/C29H28F4N6O3/c1-16-25(36-28(42)21-14-23(27(34)41)35-22-13-19(30)10-11-20(21)22)26(29(31,32)33)37-39(16)15-17-6-8-18(9-7-17)24(40)5-4-12-38(2)3/h6-11,13-14H,4-5,12,15H2,1-3H3,(H2,34,41)(H,36,42). The Morgan fingerprint density at radius 2 is 1.74 bits per heavy atom. The number of rotatable bonds is 10. The SMILES string of the molecule is Cc1c(NC(=O)c2cc(C(N)=O)nc3cc(F)ccc23)c(C(F)(F)F)nn1Cc1ccc(C(=O)CCCN(C)C)cc1. The molecule has 0 saturated carbocycles. The molecule has 2 aromatic carbocycles. The Balaban J connectivity index is 1.63. The average Bonchev–Trinajstić information content (AvgIpc) is 3.22. The van der Waals surface area contributed by atoms with Crippen molar-refractivity contribution in [3.8, 4) is 0 Å². The average molecular weight is 585 g/mol. The number of Topliss-reactive ketones (excluding diaryl/α,β-unsaturated/α-hetero) is 1. The molecule has 4 rings (SSSR count). The van der Waals surface area contributed by atoms with Crippen molar-refractivity contribution < 1.29 is 31.9 Å². The van der Waals surface area contributed by atoms with Crippen LogP contribution in [-0.2, 0) is 12.7 Å². The second kappa shape index (κ2) is 12.1. The quantitative estimate of drug-likeness (QED) is 0.204. The van der Waals surface area contributed by atoms with Gasteiger partial charge in [0.1, 0.15) is 11.5 Å². The molecule has 0 radical (unpaired) electrons. The number of aromatic nitrogens is 3. The first kappa shape index (κ1) is 30.3. The van der Waals surface area contributed by atoms with Gasteiger partial charge in [-0.05, 0) is 57.7 Å².